The number of fused-ring (bicyclic) bond motifs is 2. The van der Waals surface area contributed by atoms with Crippen LogP contribution in [-0.2, 0) is 4.79 Å². The molecule has 110 valence electrons. The minimum Gasteiger partial charge on any atom is -0.399 e. The maximum Gasteiger partial charge on any atom is 0.252 e. The highest BCUT2D eigenvalue weighted by atomic mass is 16.2. The Bertz CT molecular complexity index is 787. The molecule has 3 unspecified atom stereocenters. The fourth-order valence-electron chi connectivity index (χ4n) is 3.51. The molecule has 0 saturated carbocycles. The minimum atomic E-state index is -0.366. The van der Waals surface area contributed by atoms with Crippen LogP contribution in [0.25, 0.3) is 0 Å². The van der Waals surface area contributed by atoms with Gasteiger partial charge in [0.25, 0.3) is 5.91 Å². The molecule has 0 bridgehead atoms. The van der Waals surface area contributed by atoms with E-state index in [2.05, 4.69) is 10.6 Å². The normalized spacial score (nSPS) is 25.1. The topological polar surface area (TPSA) is 84.2 Å². The summed E-state index contributed by atoms with van der Waals surface area (Å²) in [5.74, 6) is -0.255. The quantitative estimate of drug-likeness (QED) is 0.582. The fraction of sp³-hybridized carbons (Fsp3) is 0.176. The van der Waals surface area contributed by atoms with E-state index in [9.17, 15) is 9.59 Å². The Balaban J connectivity index is 1.84. The highest BCUT2D eigenvalue weighted by Crippen LogP contribution is 2.45. The molecule has 0 aliphatic carbocycles. The average molecular weight is 293 g/mol. The number of nitrogens with two attached hydrogens (primary N) is 1. The predicted octanol–water partition coefficient (Wildman–Crippen LogP) is 1.83. The van der Waals surface area contributed by atoms with E-state index in [0.29, 0.717) is 11.3 Å². The second kappa shape index (κ2) is 4.59. The number of nitrogen functional groups attached to an aromatic ring is 1. The predicted molar refractivity (Wildman–Crippen MR) is 83.7 cm³/mol. The number of hydrogen-bond acceptors (Lipinski definition) is 4. The summed E-state index contributed by atoms with van der Waals surface area (Å²) in [6, 6.07) is 12.5. The zero-order chi connectivity index (χ0) is 15.3. The first kappa shape index (κ1) is 12.9. The second-order valence-corrected chi connectivity index (χ2v) is 5.72. The van der Waals surface area contributed by atoms with Gasteiger partial charge in [-0.2, -0.15) is 0 Å². The summed E-state index contributed by atoms with van der Waals surface area (Å²) in [4.78, 5) is 23.7. The van der Waals surface area contributed by atoms with Crippen LogP contribution >= 0.6 is 0 Å². The summed E-state index contributed by atoms with van der Waals surface area (Å²) in [6.45, 7) is 0. The van der Waals surface area contributed by atoms with Gasteiger partial charge in [-0.3, -0.25) is 4.79 Å². The van der Waals surface area contributed by atoms with Gasteiger partial charge >= 0.3 is 0 Å². The van der Waals surface area contributed by atoms with Crippen molar-refractivity contribution in [3.8, 4) is 0 Å². The molecule has 5 heteroatoms. The Morgan fingerprint density at radius 3 is 2.68 bits per heavy atom. The van der Waals surface area contributed by atoms with Crippen molar-refractivity contribution in [3.05, 3.63) is 59.2 Å². The molecule has 5 nitrogen and oxygen atoms in total. The summed E-state index contributed by atoms with van der Waals surface area (Å²) in [7, 11) is 0. The molecule has 3 atom stereocenters. The van der Waals surface area contributed by atoms with Crippen molar-refractivity contribution in [2.45, 2.75) is 18.0 Å². The number of benzene rings is 2. The molecular formula is C17H15N3O2. The van der Waals surface area contributed by atoms with E-state index in [1.54, 1.807) is 12.1 Å². The van der Waals surface area contributed by atoms with Crippen molar-refractivity contribution >= 4 is 23.6 Å². The molecule has 22 heavy (non-hydrogen) atoms. The molecule has 4 rings (SSSR count). The molecule has 0 aromatic heterocycles. The van der Waals surface area contributed by atoms with Gasteiger partial charge in [-0.1, -0.05) is 18.2 Å². The first-order valence-corrected chi connectivity index (χ1v) is 7.20. The Morgan fingerprint density at radius 1 is 1.05 bits per heavy atom. The SMILES string of the molecule is Nc1ccc2c(c1)C(C1c3ccccc3NC1C=O)NC2=O. The number of anilines is 2. The van der Waals surface area contributed by atoms with E-state index in [-0.39, 0.29) is 23.9 Å². The Labute approximate surface area is 127 Å². The van der Waals surface area contributed by atoms with Crippen LogP contribution in [0.15, 0.2) is 42.5 Å². The highest BCUT2D eigenvalue weighted by Gasteiger charge is 2.43. The van der Waals surface area contributed by atoms with Crippen molar-refractivity contribution in [2.24, 2.45) is 0 Å². The first-order chi connectivity index (χ1) is 10.7. The number of aldehydes is 1. The van der Waals surface area contributed by atoms with E-state index in [1.165, 1.54) is 0 Å². The molecule has 1 amide bonds. The van der Waals surface area contributed by atoms with E-state index >= 15 is 0 Å². The molecule has 0 saturated heterocycles. The van der Waals surface area contributed by atoms with Crippen molar-refractivity contribution in [3.63, 3.8) is 0 Å². The highest BCUT2D eigenvalue weighted by molar-refractivity contribution is 6.00. The van der Waals surface area contributed by atoms with E-state index in [4.69, 9.17) is 5.73 Å². The number of nitrogens with one attached hydrogen (secondary N) is 2. The molecule has 2 aliphatic rings. The Morgan fingerprint density at radius 2 is 1.86 bits per heavy atom. The number of para-hydroxylation sites is 1. The molecule has 0 radical (unpaired) electrons. The maximum atomic E-state index is 12.2. The Kier molecular flexibility index (Phi) is 2.69. The van der Waals surface area contributed by atoms with Crippen molar-refractivity contribution in [1.29, 1.82) is 0 Å². The van der Waals surface area contributed by atoms with Crippen molar-refractivity contribution < 1.29 is 9.59 Å². The zero-order valence-electron chi connectivity index (χ0n) is 11.7. The zero-order valence-corrected chi connectivity index (χ0v) is 11.7. The van der Waals surface area contributed by atoms with Gasteiger partial charge in [0.1, 0.15) is 6.29 Å². The lowest BCUT2D eigenvalue weighted by molar-refractivity contribution is -0.108. The van der Waals surface area contributed by atoms with Crippen LogP contribution in [0, 0.1) is 0 Å². The molecule has 4 N–H and O–H groups in total. The summed E-state index contributed by atoms with van der Waals surface area (Å²) in [5.41, 5.74) is 9.96. The molecule has 2 heterocycles. The fourth-order valence-corrected chi connectivity index (χ4v) is 3.51. The molecule has 0 fully saturated rings. The van der Waals surface area contributed by atoms with Gasteiger partial charge in [0.15, 0.2) is 0 Å². The molecule has 2 aromatic rings. The molecule has 0 spiro atoms. The molecular weight excluding hydrogens is 278 g/mol. The van der Waals surface area contributed by atoms with Crippen molar-refractivity contribution in [1.82, 2.24) is 5.32 Å². The lowest BCUT2D eigenvalue weighted by atomic mass is 9.85. The van der Waals surface area contributed by atoms with E-state index in [0.717, 1.165) is 23.1 Å². The Hall–Kier alpha value is -2.82. The number of amides is 1. The van der Waals surface area contributed by atoms with Crippen LogP contribution in [0.3, 0.4) is 0 Å². The monoisotopic (exact) mass is 293 g/mol. The average Bonchev–Trinajstić information content (AvgIpc) is 3.04. The first-order valence-electron chi connectivity index (χ1n) is 7.20. The van der Waals surface area contributed by atoms with Gasteiger partial charge in [-0.15, -0.1) is 0 Å². The van der Waals surface area contributed by atoms with Crippen LogP contribution in [0.1, 0.15) is 33.4 Å². The van der Waals surface area contributed by atoms with Gasteiger partial charge in [0.2, 0.25) is 0 Å². The van der Waals surface area contributed by atoms with Gasteiger partial charge in [0, 0.05) is 22.9 Å². The summed E-state index contributed by atoms with van der Waals surface area (Å²) >= 11 is 0. The van der Waals surface area contributed by atoms with E-state index in [1.807, 2.05) is 30.3 Å². The van der Waals surface area contributed by atoms with Crippen LogP contribution in [-0.4, -0.2) is 18.2 Å². The lowest BCUT2D eigenvalue weighted by Gasteiger charge is -2.23. The van der Waals surface area contributed by atoms with Crippen molar-refractivity contribution in [2.75, 3.05) is 11.1 Å². The minimum absolute atomic E-state index is 0.117. The number of carbonyl (C=O) groups excluding carboxylic acids is 2. The third-order valence-corrected chi connectivity index (χ3v) is 4.48. The summed E-state index contributed by atoms with van der Waals surface area (Å²) < 4.78 is 0. The standard InChI is InChI=1S/C17H15N3O2/c18-9-5-6-10-12(7-9)16(20-17(10)22)15-11-3-1-2-4-13(11)19-14(15)8-21/h1-8,14-16,19H,18H2,(H,20,22). The second-order valence-electron chi connectivity index (χ2n) is 5.72. The van der Waals surface area contributed by atoms with Crippen LogP contribution in [0.2, 0.25) is 0 Å². The molecule has 2 aromatic carbocycles. The lowest BCUT2D eigenvalue weighted by Crippen LogP contribution is -2.32. The summed E-state index contributed by atoms with van der Waals surface area (Å²) in [5, 5.41) is 6.22. The smallest absolute Gasteiger partial charge is 0.252 e. The van der Waals surface area contributed by atoms with Gasteiger partial charge < -0.3 is 21.2 Å². The third-order valence-electron chi connectivity index (χ3n) is 4.48. The van der Waals surface area contributed by atoms with Crippen LogP contribution < -0.4 is 16.4 Å². The largest absolute Gasteiger partial charge is 0.399 e. The summed E-state index contributed by atoms with van der Waals surface area (Å²) in [6.07, 6.45) is 0.904. The van der Waals surface area contributed by atoms with Crippen LogP contribution in [0.5, 0.6) is 0 Å². The molecule has 2 aliphatic heterocycles. The third kappa shape index (κ3) is 1.72. The van der Waals surface area contributed by atoms with Gasteiger partial charge in [0.05, 0.1) is 12.1 Å². The number of carbonyl (C=O) groups is 2. The maximum absolute atomic E-state index is 12.2. The number of rotatable bonds is 2. The van der Waals surface area contributed by atoms with E-state index < -0.39 is 0 Å². The van der Waals surface area contributed by atoms with Gasteiger partial charge in [-0.25, -0.2) is 0 Å². The number of hydrogen-bond donors (Lipinski definition) is 3. The van der Waals surface area contributed by atoms with Gasteiger partial charge in [-0.05, 0) is 35.4 Å². The van der Waals surface area contributed by atoms with Crippen LogP contribution in [0.4, 0.5) is 11.4 Å².